The summed E-state index contributed by atoms with van der Waals surface area (Å²) in [5, 5.41) is 14.7. The van der Waals surface area contributed by atoms with Gasteiger partial charge >= 0.3 is 0 Å². The third-order valence-electron chi connectivity index (χ3n) is 3.67. The number of ether oxygens (including phenoxy) is 1. The molecule has 1 amide bonds. The molecule has 0 unspecified atom stereocenters. The summed E-state index contributed by atoms with van der Waals surface area (Å²) in [5.41, 5.74) is 1.02. The number of nitrogens with zero attached hydrogens (tertiary/aromatic N) is 2. The van der Waals surface area contributed by atoms with E-state index in [1.54, 1.807) is 13.4 Å². The molecular formula is C18H20N4O3S2. The third kappa shape index (κ3) is 5.73. The number of carbonyl (C=O) groups excluding carboxylic acids is 1. The van der Waals surface area contributed by atoms with E-state index in [1.165, 1.54) is 23.1 Å². The molecule has 27 heavy (non-hydrogen) atoms. The smallest absolute Gasteiger partial charge is 0.233 e. The summed E-state index contributed by atoms with van der Waals surface area (Å²) in [6.45, 7) is 2.87. The first-order valence-electron chi connectivity index (χ1n) is 8.31. The van der Waals surface area contributed by atoms with Gasteiger partial charge in [-0.1, -0.05) is 35.2 Å². The van der Waals surface area contributed by atoms with E-state index in [2.05, 4.69) is 20.8 Å². The van der Waals surface area contributed by atoms with Gasteiger partial charge in [-0.15, -0.1) is 10.2 Å². The Labute approximate surface area is 165 Å². The quantitative estimate of drug-likeness (QED) is 0.527. The van der Waals surface area contributed by atoms with Crippen molar-refractivity contribution in [2.45, 2.75) is 29.6 Å². The molecular weight excluding hydrogens is 384 g/mol. The molecule has 7 nitrogen and oxygen atoms in total. The van der Waals surface area contributed by atoms with Crippen molar-refractivity contribution in [3.05, 3.63) is 54.0 Å². The molecule has 1 atom stereocenters. The van der Waals surface area contributed by atoms with Gasteiger partial charge in [-0.25, -0.2) is 0 Å². The SMILES string of the molecule is COc1ccc(CNC(=O)[C@H](C)Sc2nnc(NCc3ccco3)s2)cc1. The van der Waals surface area contributed by atoms with E-state index >= 15 is 0 Å². The van der Waals surface area contributed by atoms with Gasteiger partial charge in [0.15, 0.2) is 4.34 Å². The van der Waals surface area contributed by atoms with Gasteiger partial charge in [-0.3, -0.25) is 4.79 Å². The van der Waals surface area contributed by atoms with Crippen LogP contribution >= 0.6 is 23.1 Å². The van der Waals surface area contributed by atoms with Crippen LogP contribution in [0, 0.1) is 0 Å². The van der Waals surface area contributed by atoms with Crippen LogP contribution in [0.1, 0.15) is 18.2 Å². The van der Waals surface area contributed by atoms with Crippen molar-refractivity contribution in [3.63, 3.8) is 0 Å². The number of thioether (sulfide) groups is 1. The second-order valence-electron chi connectivity index (χ2n) is 5.63. The van der Waals surface area contributed by atoms with Gasteiger partial charge in [0.25, 0.3) is 0 Å². The fourth-order valence-electron chi connectivity index (χ4n) is 2.19. The van der Waals surface area contributed by atoms with E-state index in [9.17, 15) is 4.79 Å². The standard InChI is InChI=1S/C18H20N4O3S2/c1-12(16(23)19-10-13-5-7-14(24-2)8-6-13)26-18-22-21-17(27-18)20-11-15-4-3-9-25-15/h3-9,12H,10-11H2,1-2H3,(H,19,23)(H,20,21)/t12-/m0/s1. The molecule has 0 radical (unpaired) electrons. The molecule has 2 aromatic heterocycles. The molecule has 3 aromatic rings. The highest BCUT2D eigenvalue weighted by molar-refractivity contribution is 8.02. The first kappa shape index (κ1) is 19.2. The Morgan fingerprint density at radius 3 is 2.78 bits per heavy atom. The van der Waals surface area contributed by atoms with Gasteiger partial charge in [0.2, 0.25) is 11.0 Å². The summed E-state index contributed by atoms with van der Waals surface area (Å²) in [6, 6.07) is 11.3. The van der Waals surface area contributed by atoms with Crippen molar-refractivity contribution in [2.24, 2.45) is 0 Å². The lowest BCUT2D eigenvalue weighted by Gasteiger charge is -2.10. The molecule has 0 aliphatic rings. The first-order chi connectivity index (χ1) is 13.1. The molecule has 0 aliphatic carbocycles. The third-order valence-corrected chi connectivity index (χ3v) is 5.74. The normalized spacial score (nSPS) is 11.8. The Morgan fingerprint density at radius 1 is 1.26 bits per heavy atom. The summed E-state index contributed by atoms with van der Waals surface area (Å²) in [5.74, 6) is 1.57. The number of carbonyl (C=O) groups is 1. The number of hydrogen-bond donors (Lipinski definition) is 2. The van der Waals surface area contributed by atoms with Crippen molar-refractivity contribution in [3.8, 4) is 5.75 Å². The number of hydrogen-bond acceptors (Lipinski definition) is 8. The number of aromatic nitrogens is 2. The number of nitrogens with one attached hydrogen (secondary N) is 2. The second kappa shape index (κ2) is 9.43. The topological polar surface area (TPSA) is 89.3 Å². The minimum absolute atomic E-state index is 0.0453. The summed E-state index contributed by atoms with van der Waals surface area (Å²) >= 11 is 2.80. The van der Waals surface area contributed by atoms with Crippen LogP contribution < -0.4 is 15.4 Å². The van der Waals surface area contributed by atoms with E-state index in [1.807, 2.05) is 43.3 Å². The van der Waals surface area contributed by atoms with Crippen LogP contribution in [0.15, 0.2) is 51.4 Å². The van der Waals surface area contributed by atoms with Crippen molar-refractivity contribution in [2.75, 3.05) is 12.4 Å². The molecule has 0 fully saturated rings. The number of anilines is 1. The van der Waals surface area contributed by atoms with Crippen molar-refractivity contribution in [1.82, 2.24) is 15.5 Å². The number of rotatable bonds is 9. The molecule has 9 heteroatoms. The van der Waals surface area contributed by atoms with Crippen LogP contribution in [0.2, 0.25) is 0 Å². The summed E-state index contributed by atoms with van der Waals surface area (Å²) in [6.07, 6.45) is 1.63. The highest BCUT2D eigenvalue weighted by Gasteiger charge is 2.17. The van der Waals surface area contributed by atoms with Gasteiger partial charge in [0.05, 0.1) is 25.2 Å². The monoisotopic (exact) mass is 404 g/mol. The average Bonchev–Trinajstić information content (AvgIpc) is 3.36. The van der Waals surface area contributed by atoms with Crippen molar-refractivity contribution >= 4 is 34.1 Å². The molecule has 0 saturated carbocycles. The van der Waals surface area contributed by atoms with Crippen LogP contribution in [0.5, 0.6) is 5.75 Å². The largest absolute Gasteiger partial charge is 0.497 e. The summed E-state index contributed by atoms with van der Waals surface area (Å²) < 4.78 is 11.1. The van der Waals surface area contributed by atoms with E-state index in [4.69, 9.17) is 9.15 Å². The van der Waals surface area contributed by atoms with E-state index in [0.29, 0.717) is 18.2 Å². The van der Waals surface area contributed by atoms with Gasteiger partial charge < -0.3 is 19.8 Å². The fraction of sp³-hybridized carbons (Fsp3) is 0.278. The van der Waals surface area contributed by atoms with Gasteiger partial charge in [-0.05, 0) is 36.8 Å². The average molecular weight is 405 g/mol. The maximum absolute atomic E-state index is 12.3. The molecule has 2 heterocycles. The Morgan fingerprint density at radius 2 is 2.07 bits per heavy atom. The lowest BCUT2D eigenvalue weighted by atomic mass is 10.2. The molecule has 1 aromatic carbocycles. The second-order valence-corrected chi connectivity index (χ2v) is 8.20. The van der Waals surface area contributed by atoms with Crippen molar-refractivity contribution in [1.29, 1.82) is 0 Å². The molecule has 0 saturated heterocycles. The summed E-state index contributed by atoms with van der Waals surface area (Å²) in [7, 11) is 1.63. The van der Waals surface area contributed by atoms with Gasteiger partial charge in [-0.2, -0.15) is 0 Å². The van der Waals surface area contributed by atoms with Crippen LogP contribution in [-0.4, -0.2) is 28.5 Å². The maximum Gasteiger partial charge on any atom is 0.233 e. The minimum Gasteiger partial charge on any atom is -0.497 e. The summed E-state index contributed by atoms with van der Waals surface area (Å²) in [4.78, 5) is 12.3. The maximum atomic E-state index is 12.3. The highest BCUT2D eigenvalue weighted by Crippen LogP contribution is 2.29. The fourth-order valence-corrected chi connectivity index (χ4v) is 4.10. The molecule has 0 aliphatic heterocycles. The number of furan rings is 1. The zero-order valence-corrected chi connectivity index (χ0v) is 16.6. The van der Waals surface area contributed by atoms with Crippen LogP contribution in [-0.2, 0) is 17.9 Å². The Kier molecular flexibility index (Phi) is 6.72. The number of benzene rings is 1. The zero-order valence-electron chi connectivity index (χ0n) is 15.0. The lowest BCUT2D eigenvalue weighted by molar-refractivity contribution is -0.120. The molecule has 3 rings (SSSR count). The van der Waals surface area contributed by atoms with E-state index in [0.717, 1.165) is 21.4 Å². The minimum atomic E-state index is -0.269. The number of methoxy groups -OCH3 is 1. The lowest BCUT2D eigenvalue weighted by Crippen LogP contribution is -2.30. The zero-order chi connectivity index (χ0) is 19.1. The van der Waals surface area contributed by atoms with E-state index in [-0.39, 0.29) is 11.2 Å². The molecule has 2 N–H and O–H groups in total. The Balaban J connectivity index is 1.44. The molecule has 142 valence electrons. The van der Waals surface area contributed by atoms with Crippen LogP contribution in [0.25, 0.3) is 0 Å². The number of amides is 1. The highest BCUT2D eigenvalue weighted by atomic mass is 32.2. The Bertz CT molecular complexity index is 850. The van der Waals surface area contributed by atoms with Gasteiger partial charge in [0, 0.05) is 6.54 Å². The van der Waals surface area contributed by atoms with Crippen LogP contribution in [0.3, 0.4) is 0 Å². The van der Waals surface area contributed by atoms with Crippen LogP contribution in [0.4, 0.5) is 5.13 Å². The first-order valence-corrected chi connectivity index (χ1v) is 10.0. The predicted molar refractivity (Wildman–Crippen MR) is 106 cm³/mol. The Hall–Kier alpha value is -2.52. The van der Waals surface area contributed by atoms with Gasteiger partial charge in [0.1, 0.15) is 11.5 Å². The van der Waals surface area contributed by atoms with Crippen molar-refractivity contribution < 1.29 is 13.9 Å². The van der Waals surface area contributed by atoms with E-state index < -0.39 is 0 Å². The predicted octanol–water partition coefficient (Wildman–Crippen LogP) is 3.55. The molecule has 0 bridgehead atoms. The molecule has 0 spiro atoms.